The fourth-order valence-electron chi connectivity index (χ4n) is 0.888. The van der Waals surface area contributed by atoms with Gasteiger partial charge >= 0.3 is 0 Å². The summed E-state index contributed by atoms with van der Waals surface area (Å²) in [4.78, 5) is 0. The zero-order chi connectivity index (χ0) is 9.07. The van der Waals surface area contributed by atoms with E-state index in [4.69, 9.17) is 0 Å². The topological polar surface area (TPSA) is 0 Å². The zero-order valence-electron chi connectivity index (χ0n) is 8.65. The largest absolute Gasteiger partial charge is 0.131 e. The van der Waals surface area contributed by atoms with Crippen molar-refractivity contribution < 1.29 is 0 Å². The molecule has 0 rings (SSSR count). The Morgan fingerprint density at radius 2 is 1.64 bits per heavy atom. The molecule has 0 spiro atoms. The third-order valence-corrected chi connectivity index (χ3v) is 3.53. The molecule has 0 bridgehead atoms. The summed E-state index contributed by atoms with van der Waals surface area (Å²) in [5, 5.41) is 0.449. The zero-order valence-corrected chi connectivity index (χ0v) is 9.80. The highest BCUT2D eigenvalue weighted by Gasteiger charge is 2.21. The van der Waals surface area contributed by atoms with E-state index in [9.17, 15) is 0 Å². The molecule has 0 aromatic carbocycles. The molecule has 2 atom stereocenters. The van der Waals surface area contributed by atoms with Crippen molar-refractivity contribution in [2.24, 2.45) is 11.8 Å². The molecule has 0 saturated carbocycles. The SMILES string of the molecule is CC(C)CCC(C)(P)C(C)C. The Morgan fingerprint density at radius 1 is 1.18 bits per heavy atom. The van der Waals surface area contributed by atoms with Gasteiger partial charge in [0.1, 0.15) is 0 Å². The van der Waals surface area contributed by atoms with Gasteiger partial charge < -0.3 is 0 Å². The molecule has 0 nitrogen and oxygen atoms in total. The molecule has 0 aromatic heterocycles. The average molecular weight is 174 g/mol. The van der Waals surface area contributed by atoms with Crippen molar-refractivity contribution in [1.29, 1.82) is 0 Å². The maximum atomic E-state index is 3.00. The maximum Gasteiger partial charge on any atom is -0.0155 e. The van der Waals surface area contributed by atoms with Crippen molar-refractivity contribution in [1.82, 2.24) is 0 Å². The number of hydrogen-bond donors (Lipinski definition) is 0. The molecule has 0 heterocycles. The van der Waals surface area contributed by atoms with Crippen LogP contribution in [-0.2, 0) is 0 Å². The second-order valence-corrected chi connectivity index (χ2v) is 5.91. The van der Waals surface area contributed by atoms with Gasteiger partial charge in [0.15, 0.2) is 0 Å². The molecule has 0 aliphatic rings. The van der Waals surface area contributed by atoms with Gasteiger partial charge in [-0.05, 0) is 23.4 Å². The van der Waals surface area contributed by atoms with Crippen molar-refractivity contribution in [3.8, 4) is 0 Å². The predicted molar refractivity (Wildman–Crippen MR) is 57.0 cm³/mol. The molecule has 0 fully saturated rings. The third kappa shape index (κ3) is 4.80. The molecule has 0 saturated heterocycles. The minimum atomic E-state index is 0.449. The van der Waals surface area contributed by atoms with E-state index in [2.05, 4.69) is 43.9 Å². The molecule has 0 aromatic rings. The Bertz CT molecular complexity index is 103. The molecular formula is C10H23P. The first-order valence-electron chi connectivity index (χ1n) is 4.65. The Kier molecular flexibility index (Phi) is 4.63. The molecule has 0 N–H and O–H groups in total. The standard InChI is InChI=1S/C10H23P/c1-8(2)6-7-10(5,11)9(3)4/h8-9H,6-7,11H2,1-5H3. The summed E-state index contributed by atoms with van der Waals surface area (Å²) < 4.78 is 0. The summed E-state index contributed by atoms with van der Waals surface area (Å²) in [7, 11) is 3.00. The van der Waals surface area contributed by atoms with Crippen LogP contribution in [0.25, 0.3) is 0 Å². The van der Waals surface area contributed by atoms with Gasteiger partial charge in [-0.1, -0.05) is 41.0 Å². The average Bonchev–Trinajstić information content (AvgIpc) is 1.84. The van der Waals surface area contributed by atoms with Crippen LogP contribution >= 0.6 is 9.24 Å². The molecule has 0 aliphatic heterocycles. The van der Waals surface area contributed by atoms with Gasteiger partial charge in [0.25, 0.3) is 0 Å². The molecule has 0 amide bonds. The first-order valence-corrected chi connectivity index (χ1v) is 5.23. The molecule has 0 radical (unpaired) electrons. The molecule has 11 heavy (non-hydrogen) atoms. The van der Waals surface area contributed by atoms with Crippen molar-refractivity contribution >= 4 is 9.24 Å². The van der Waals surface area contributed by atoms with E-state index >= 15 is 0 Å². The summed E-state index contributed by atoms with van der Waals surface area (Å²) in [5.74, 6) is 1.61. The lowest BCUT2D eigenvalue weighted by Gasteiger charge is -2.29. The summed E-state index contributed by atoms with van der Waals surface area (Å²) >= 11 is 0. The molecule has 2 unspecified atom stereocenters. The van der Waals surface area contributed by atoms with Crippen molar-refractivity contribution in [2.75, 3.05) is 0 Å². The third-order valence-electron chi connectivity index (χ3n) is 2.58. The maximum absolute atomic E-state index is 3.00. The molecule has 1 heteroatoms. The van der Waals surface area contributed by atoms with Gasteiger partial charge in [0.2, 0.25) is 0 Å². The first kappa shape index (κ1) is 11.4. The quantitative estimate of drug-likeness (QED) is 0.570. The smallest absolute Gasteiger partial charge is 0.0155 e. The lowest BCUT2D eigenvalue weighted by Crippen LogP contribution is -2.23. The van der Waals surface area contributed by atoms with Gasteiger partial charge in [-0.15, -0.1) is 9.24 Å². The fraction of sp³-hybridized carbons (Fsp3) is 1.00. The van der Waals surface area contributed by atoms with Gasteiger partial charge in [-0.25, -0.2) is 0 Å². The van der Waals surface area contributed by atoms with E-state index in [-0.39, 0.29) is 0 Å². The molecular weight excluding hydrogens is 151 g/mol. The van der Waals surface area contributed by atoms with E-state index in [1.54, 1.807) is 0 Å². The Hall–Kier alpha value is 0.430. The van der Waals surface area contributed by atoms with Crippen LogP contribution in [0.5, 0.6) is 0 Å². The van der Waals surface area contributed by atoms with Gasteiger partial charge in [-0.3, -0.25) is 0 Å². The highest BCUT2D eigenvalue weighted by Crippen LogP contribution is 2.33. The minimum Gasteiger partial charge on any atom is -0.131 e. The Balaban J connectivity index is 3.73. The Labute approximate surface area is 74.4 Å². The van der Waals surface area contributed by atoms with Crippen LogP contribution in [0.3, 0.4) is 0 Å². The van der Waals surface area contributed by atoms with E-state index in [1.165, 1.54) is 12.8 Å². The second kappa shape index (κ2) is 4.45. The number of hydrogen-bond acceptors (Lipinski definition) is 0. The first-order chi connectivity index (χ1) is 4.86. The normalized spacial score (nSPS) is 17.5. The van der Waals surface area contributed by atoms with Crippen molar-refractivity contribution in [3.63, 3.8) is 0 Å². The van der Waals surface area contributed by atoms with Crippen molar-refractivity contribution in [2.45, 2.75) is 52.6 Å². The summed E-state index contributed by atoms with van der Waals surface area (Å²) in [6.07, 6.45) is 2.67. The van der Waals surface area contributed by atoms with Crippen LogP contribution in [0.2, 0.25) is 0 Å². The summed E-state index contributed by atoms with van der Waals surface area (Å²) in [6.45, 7) is 11.5. The van der Waals surface area contributed by atoms with E-state index in [0.717, 1.165) is 11.8 Å². The van der Waals surface area contributed by atoms with Crippen molar-refractivity contribution in [3.05, 3.63) is 0 Å². The summed E-state index contributed by atoms with van der Waals surface area (Å²) in [6, 6.07) is 0. The van der Waals surface area contributed by atoms with Crippen LogP contribution in [0.1, 0.15) is 47.5 Å². The lowest BCUT2D eigenvalue weighted by molar-refractivity contribution is 0.397. The van der Waals surface area contributed by atoms with Gasteiger partial charge in [-0.2, -0.15) is 0 Å². The van der Waals surface area contributed by atoms with Gasteiger partial charge in [0, 0.05) is 0 Å². The van der Waals surface area contributed by atoms with Crippen LogP contribution in [0.4, 0.5) is 0 Å². The van der Waals surface area contributed by atoms with E-state index in [1.807, 2.05) is 0 Å². The van der Waals surface area contributed by atoms with Crippen LogP contribution in [0.15, 0.2) is 0 Å². The predicted octanol–water partition coefficient (Wildman–Crippen LogP) is 3.71. The number of rotatable bonds is 4. The van der Waals surface area contributed by atoms with Gasteiger partial charge in [0.05, 0.1) is 0 Å². The van der Waals surface area contributed by atoms with E-state index < -0.39 is 0 Å². The minimum absolute atomic E-state index is 0.449. The monoisotopic (exact) mass is 174 g/mol. The van der Waals surface area contributed by atoms with Crippen LogP contribution < -0.4 is 0 Å². The highest BCUT2D eigenvalue weighted by molar-refractivity contribution is 7.18. The molecule has 0 aliphatic carbocycles. The molecule has 68 valence electrons. The summed E-state index contributed by atoms with van der Waals surface area (Å²) in [5.41, 5.74) is 0. The fourth-order valence-corrected chi connectivity index (χ4v) is 1.06. The van der Waals surface area contributed by atoms with Crippen LogP contribution in [-0.4, -0.2) is 5.16 Å². The lowest BCUT2D eigenvalue weighted by atomic mass is 9.89. The van der Waals surface area contributed by atoms with Crippen LogP contribution in [0, 0.1) is 11.8 Å². The second-order valence-electron chi connectivity index (χ2n) is 4.59. The Morgan fingerprint density at radius 3 is 1.91 bits per heavy atom. The van der Waals surface area contributed by atoms with E-state index in [0.29, 0.717) is 5.16 Å². The highest BCUT2D eigenvalue weighted by atomic mass is 31.0.